The standard InChI is InChI=1S/C29H34N6O2/c1-19-25(30)12-16-35(28(19)36)26-9-13-31-27-24(26)17-23(33(27)4)18-34-14-10-21(11-15-34)20-5-7-22(8-6-20)29(37)32(2)3/h5-9,12-13,16-17,21H,10-11,14-15,18,30H2,1-4H3. The van der Waals surface area contributed by atoms with Crippen molar-refractivity contribution in [2.45, 2.75) is 32.2 Å². The van der Waals surface area contributed by atoms with E-state index in [2.05, 4.69) is 32.7 Å². The Kier molecular flexibility index (Phi) is 6.60. The molecule has 4 heterocycles. The van der Waals surface area contributed by atoms with Crippen LogP contribution < -0.4 is 11.3 Å². The molecule has 3 aromatic heterocycles. The number of benzene rings is 1. The van der Waals surface area contributed by atoms with E-state index in [1.54, 1.807) is 48.9 Å². The molecule has 37 heavy (non-hydrogen) atoms. The number of nitrogen functional groups attached to an aromatic ring is 1. The summed E-state index contributed by atoms with van der Waals surface area (Å²) in [4.78, 5) is 33.8. The van der Waals surface area contributed by atoms with Crippen molar-refractivity contribution in [1.82, 2.24) is 23.9 Å². The predicted octanol–water partition coefficient (Wildman–Crippen LogP) is 3.70. The van der Waals surface area contributed by atoms with Crippen molar-refractivity contribution in [3.8, 4) is 5.69 Å². The first-order valence-corrected chi connectivity index (χ1v) is 12.7. The molecule has 4 aromatic rings. The van der Waals surface area contributed by atoms with E-state index in [9.17, 15) is 9.59 Å². The fourth-order valence-electron chi connectivity index (χ4n) is 5.27. The maximum absolute atomic E-state index is 12.9. The number of hydrogen-bond acceptors (Lipinski definition) is 5. The van der Waals surface area contributed by atoms with Crippen molar-refractivity contribution in [1.29, 1.82) is 0 Å². The number of rotatable bonds is 5. The molecule has 0 radical (unpaired) electrons. The Hall–Kier alpha value is -3.91. The molecular weight excluding hydrogens is 464 g/mol. The Balaban J connectivity index is 1.32. The number of nitrogens with zero attached hydrogens (tertiary/aromatic N) is 5. The number of hydrogen-bond donors (Lipinski definition) is 1. The molecular formula is C29H34N6O2. The highest BCUT2D eigenvalue weighted by Gasteiger charge is 2.23. The minimum Gasteiger partial charge on any atom is -0.398 e. The summed E-state index contributed by atoms with van der Waals surface area (Å²) in [6.07, 6.45) is 5.64. The Morgan fingerprint density at radius 2 is 1.81 bits per heavy atom. The zero-order chi connectivity index (χ0) is 26.3. The fourth-order valence-corrected chi connectivity index (χ4v) is 5.27. The molecule has 1 saturated heterocycles. The van der Waals surface area contributed by atoms with Gasteiger partial charge in [-0.15, -0.1) is 0 Å². The Morgan fingerprint density at radius 3 is 2.49 bits per heavy atom. The molecule has 0 spiro atoms. The van der Waals surface area contributed by atoms with E-state index in [0.717, 1.165) is 54.8 Å². The number of fused-ring (bicyclic) bond motifs is 1. The highest BCUT2D eigenvalue weighted by molar-refractivity contribution is 5.93. The van der Waals surface area contributed by atoms with Crippen LogP contribution in [-0.2, 0) is 13.6 Å². The number of aromatic nitrogens is 3. The van der Waals surface area contributed by atoms with E-state index >= 15 is 0 Å². The van der Waals surface area contributed by atoms with Crippen LogP contribution in [0.2, 0.25) is 0 Å². The molecule has 1 fully saturated rings. The molecule has 1 amide bonds. The van der Waals surface area contributed by atoms with Crippen molar-refractivity contribution >= 4 is 22.6 Å². The first kappa shape index (κ1) is 24.8. The molecule has 5 rings (SSSR count). The first-order valence-electron chi connectivity index (χ1n) is 12.7. The third-order valence-corrected chi connectivity index (χ3v) is 7.65. The highest BCUT2D eigenvalue weighted by atomic mass is 16.2. The molecule has 192 valence electrons. The topological polar surface area (TPSA) is 89.4 Å². The van der Waals surface area contributed by atoms with Crippen molar-refractivity contribution in [2.75, 3.05) is 32.9 Å². The van der Waals surface area contributed by atoms with Gasteiger partial charge in [0, 0.05) is 68.0 Å². The van der Waals surface area contributed by atoms with Crippen molar-refractivity contribution in [3.05, 3.63) is 87.6 Å². The van der Waals surface area contributed by atoms with Crippen LogP contribution in [0.4, 0.5) is 5.69 Å². The second kappa shape index (κ2) is 9.86. The van der Waals surface area contributed by atoms with Gasteiger partial charge in [0.2, 0.25) is 0 Å². The minimum atomic E-state index is -0.112. The minimum absolute atomic E-state index is 0.0328. The lowest BCUT2D eigenvalue weighted by molar-refractivity contribution is 0.0827. The van der Waals surface area contributed by atoms with Crippen LogP contribution in [0, 0.1) is 6.92 Å². The lowest BCUT2D eigenvalue weighted by Gasteiger charge is -2.32. The largest absolute Gasteiger partial charge is 0.398 e. The number of anilines is 1. The second-order valence-corrected chi connectivity index (χ2v) is 10.2. The fraction of sp³-hybridized carbons (Fsp3) is 0.345. The summed E-state index contributed by atoms with van der Waals surface area (Å²) in [5.41, 5.74) is 11.7. The average Bonchev–Trinajstić information content (AvgIpc) is 3.23. The van der Waals surface area contributed by atoms with Gasteiger partial charge in [-0.05, 0) is 74.7 Å². The lowest BCUT2D eigenvalue weighted by Crippen LogP contribution is -2.33. The molecule has 0 aliphatic carbocycles. The van der Waals surface area contributed by atoms with Gasteiger partial charge in [-0.25, -0.2) is 4.98 Å². The average molecular weight is 499 g/mol. The molecule has 0 bridgehead atoms. The van der Waals surface area contributed by atoms with Gasteiger partial charge in [-0.3, -0.25) is 19.1 Å². The monoisotopic (exact) mass is 498 g/mol. The summed E-state index contributed by atoms with van der Waals surface area (Å²) in [5, 5.41) is 0.952. The Labute approximate surface area is 216 Å². The van der Waals surface area contributed by atoms with Crippen LogP contribution in [0.15, 0.2) is 59.7 Å². The maximum atomic E-state index is 12.9. The van der Waals surface area contributed by atoms with Gasteiger partial charge in [0.1, 0.15) is 5.65 Å². The van der Waals surface area contributed by atoms with E-state index in [4.69, 9.17) is 5.73 Å². The summed E-state index contributed by atoms with van der Waals surface area (Å²) in [6, 6.07) is 13.9. The Bertz CT molecular complexity index is 1510. The molecule has 8 heteroatoms. The number of likely N-dealkylation sites (tertiary alicyclic amines) is 1. The molecule has 0 saturated carbocycles. The molecule has 2 N–H and O–H groups in total. The predicted molar refractivity (Wildman–Crippen MR) is 147 cm³/mol. The van der Waals surface area contributed by atoms with Gasteiger partial charge in [-0.1, -0.05) is 12.1 Å². The maximum Gasteiger partial charge on any atom is 0.260 e. The summed E-state index contributed by atoms with van der Waals surface area (Å²) >= 11 is 0. The van der Waals surface area contributed by atoms with Crippen molar-refractivity contribution in [2.24, 2.45) is 7.05 Å². The van der Waals surface area contributed by atoms with Gasteiger partial charge in [0.15, 0.2) is 0 Å². The van der Waals surface area contributed by atoms with E-state index < -0.39 is 0 Å². The first-order chi connectivity index (χ1) is 17.7. The highest BCUT2D eigenvalue weighted by Crippen LogP contribution is 2.30. The quantitative estimate of drug-likeness (QED) is 0.453. The summed E-state index contributed by atoms with van der Waals surface area (Å²) in [7, 11) is 5.59. The summed E-state index contributed by atoms with van der Waals surface area (Å²) in [5.74, 6) is 0.534. The van der Waals surface area contributed by atoms with Crippen LogP contribution in [0.5, 0.6) is 0 Å². The number of carbonyl (C=O) groups is 1. The molecule has 8 nitrogen and oxygen atoms in total. The second-order valence-electron chi connectivity index (χ2n) is 10.2. The molecule has 1 aliphatic rings. The number of aryl methyl sites for hydroxylation is 1. The van der Waals surface area contributed by atoms with E-state index in [-0.39, 0.29) is 11.5 Å². The van der Waals surface area contributed by atoms with Gasteiger partial charge < -0.3 is 15.2 Å². The van der Waals surface area contributed by atoms with Crippen LogP contribution >= 0.6 is 0 Å². The third-order valence-electron chi connectivity index (χ3n) is 7.65. The molecule has 0 atom stereocenters. The van der Waals surface area contributed by atoms with E-state index in [0.29, 0.717) is 17.2 Å². The number of carbonyl (C=O) groups excluding carboxylic acids is 1. The SMILES string of the molecule is Cc1c(N)ccn(-c2ccnc3c2cc(CN2CCC(c4ccc(C(=O)N(C)C)cc4)CC2)n3C)c1=O. The smallest absolute Gasteiger partial charge is 0.260 e. The Morgan fingerprint density at radius 1 is 1.11 bits per heavy atom. The third kappa shape index (κ3) is 4.64. The lowest BCUT2D eigenvalue weighted by atomic mass is 9.89. The van der Waals surface area contributed by atoms with Gasteiger partial charge in [-0.2, -0.15) is 0 Å². The van der Waals surface area contributed by atoms with Gasteiger partial charge in [0.05, 0.1) is 5.69 Å². The summed E-state index contributed by atoms with van der Waals surface area (Å²) < 4.78 is 3.78. The van der Waals surface area contributed by atoms with Gasteiger partial charge in [0.25, 0.3) is 11.5 Å². The van der Waals surface area contributed by atoms with Crippen molar-refractivity contribution in [3.63, 3.8) is 0 Å². The van der Waals surface area contributed by atoms with Crippen LogP contribution in [-0.4, -0.2) is 57.0 Å². The van der Waals surface area contributed by atoms with E-state index in [1.807, 2.05) is 25.2 Å². The molecule has 1 aromatic carbocycles. The summed E-state index contributed by atoms with van der Waals surface area (Å²) in [6.45, 7) is 4.58. The number of amides is 1. The number of pyridine rings is 2. The molecule has 0 unspecified atom stereocenters. The van der Waals surface area contributed by atoms with Gasteiger partial charge >= 0.3 is 0 Å². The zero-order valence-electron chi connectivity index (χ0n) is 21.9. The van der Waals surface area contributed by atoms with Crippen LogP contribution in [0.25, 0.3) is 16.7 Å². The number of nitrogens with two attached hydrogens (primary N) is 1. The zero-order valence-corrected chi connectivity index (χ0v) is 21.9. The van der Waals surface area contributed by atoms with Crippen LogP contribution in [0.3, 0.4) is 0 Å². The van der Waals surface area contributed by atoms with Crippen molar-refractivity contribution < 1.29 is 4.79 Å². The normalized spacial score (nSPS) is 14.8. The number of piperidine rings is 1. The molecule has 1 aliphatic heterocycles. The van der Waals surface area contributed by atoms with E-state index in [1.165, 1.54) is 11.3 Å². The van der Waals surface area contributed by atoms with Crippen LogP contribution in [0.1, 0.15) is 45.9 Å².